The van der Waals surface area contributed by atoms with Crippen LogP contribution >= 0.6 is 0 Å². The van der Waals surface area contributed by atoms with Gasteiger partial charge in [-0.15, -0.1) is 0 Å². The normalized spacial score (nSPS) is 11.6. The zero-order valence-corrected chi connectivity index (χ0v) is 9.34. The van der Waals surface area contributed by atoms with E-state index in [9.17, 15) is 18.0 Å². The summed E-state index contributed by atoms with van der Waals surface area (Å²) in [7, 11) is 1.62. The zero-order chi connectivity index (χ0) is 13.1. The average molecular weight is 251 g/mol. The van der Waals surface area contributed by atoms with E-state index in [1.54, 1.807) is 19.5 Å². The summed E-state index contributed by atoms with van der Waals surface area (Å²) in [6, 6.07) is 0. The van der Waals surface area contributed by atoms with E-state index in [4.69, 9.17) is 0 Å². The Morgan fingerprint density at radius 2 is 2.24 bits per heavy atom. The molecule has 1 aromatic rings. The monoisotopic (exact) mass is 251 g/mol. The van der Waals surface area contributed by atoms with Crippen LogP contribution in [0.15, 0.2) is 6.20 Å². The predicted octanol–water partition coefficient (Wildman–Crippen LogP) is 1.21. The molecule has 1 heterocycles. The number of aromatic nitrogens is 2. The van der Waals surface area contributed by atoms with E-state index in [2.05, 4.69) is 9.94 Å². The number of aryl methyl sites for hydroxylation is 2. The molecule has 17 heavy (non-hydrogen) atoms. The summed E-state index contributed by atoms with van der Waals surface area (Å²) < 4.78 is 36.7. The molecule has 0 atom stereocenters. The number of carbonyl (C=O) groups is 1. The fraction of sp³-hybridized carbons (Fsp3) is 0.556. The van der Waals surface area contributed by atoms with Gasteiger partial charge >= 0.3 is 6.18 Å². The van der Waals surface area contributed by atoms with Crippen molar-refractivity contribution in [2.24, 2.45) is 7.05 Å². The minimum Gasteiger partial charge on any atom is -0.275 e. The fourth-order valence-corrected chi connectivity index (χ4v) is 1.22. The Labute approximate surface area is 95.5 Å². The Balaban J connectivity index is 2.58. The third-order valence-electron chi connectivity index (χ3n) is 1.89. The van der Waals surface area contributed by atoms with Gasteiger partial charge in [0.05, 0.1) is 11.3 Å². The summed E-state index contributed by atoms with van der Waals surface area (Å²) >= 11 is 0. The van der Waals surface area contributed by atoms with Gasteiger partial charge in [0.25, 0.3) is 5.91 Å². The molecule has 96 valence electrons. The van der Waals surface area contributed by atoms with E-state index in [0.29, 0.717) is 12.1 Å². The van der Waals surface area contributed by atoms with E-state index >= 15 is 0 Å². The quantitative estimate of drug-likeness (QED) is 0.818. The van der Waals surface area contributed by atoms with Gasteiger partial charge in [0.1, 0.15) is 0 Å². The number of hydrogen-bond acceptors (Lipinski definition) is 3. The highest BCUT2D eigenvalue weighted by atomic mass is 19.4. The van der Waals surface area contributed by atoms with Gasteiger partial charge in [0, 0.05) is 13.2 Å². The van der Waals surface area contributed by atoms with Crippen LogP contribution in [0.25, 0.3) is 0 Å². The lowest BCUT2D eigenvalue weighted by Crippen LogP contribution is -2.29. The summed E-state index contributed by atoms with van der Waals surface area (Å²) in [5.41, 5.74) is 2.44. The molecule has 0 saturated carbocycles. The Hall–Kier alpha value is -1.57. The molecule has 0 aliphatic heterocycles. The Bertz CT molecular complexity index is 401. The SMILES string of the molecule is CCc1nn(C)cc1C(=O)NOCC(F)(F)F. The van der Waals surface area contributed by atoms with Gasteiger partial charge in [0.15, 0.2) is 6.61 Å². The van der Waals surface area contributed by atoms with Gasteiger partial charge in [0.2, 0.25) is 0 Å². The molecular weight excluding hydrogens is 239 g/mol. The molecule has 0 saturated heterocycles. The van der Waals surface area contributed by atoms with Crippen LogP contribution < -0.4 is 5.48 Å². The standard InChI is InChI=1S/C9H12F3N3O2/c1-3-7-6(4-15(2)13-7)8(16)14-17-5-9(10,11)12/h4H,3,5H2,1-2H3,(H,14,16). The Morgan fingerprint density at radius 1 is 1.59 bits per heavy atom. The second-order valence-corrected chi connectivity index (χ2v) is 3.35. The predicted molar refractivity (Wildman–Crippen MR) is 52.1 cm³/mol. The van der Waals surface area contributed by atoms with E-state index < -0.39 is 18.7 Å². The van der Waals surface area contributed by atoms with E-state index in [0.717, 1.165) is 0 Å². The van der Waals surface area contributed by atoms with Crippen molar-refractivity contribution in [1.29, 1.82) is 0 Å². The van der Waals surface area contributed by atoms with E-state index in [1.807, 2.05) is 0 Å². The van der Waals surface area contributed by atoms with Gasteiger partial charge in [-0.05, 0) is 6.42 Å². The number of nitrogens with zero attached hydrogens (tertiary/aromatic N) is 2. The fourth-order valence-electron chi connectivity index (χ4n) is 1.22. The van der Waals surface area contributed by atoms with Gasteiger partial charge < -0.3 is 0 Å². The molecule has 1 N–H and O–H groups in total. The molecule has 0 bridgehead atoms. The lowest BCUT2D eigenvalue weighted by Gasteiger charge is -2.07. The van der Waals surface area contributed by atoms with Gasteiger partial charge in [-0.3, -0.25) is 14.3 Å². The molecular formula is C9H12F3N3O2. The van der Waals surface area contributed by atoms with Crippen LogP contribution in [0.3, 0.4) is 0 Å². The van der Waals surface area contributed by atoms with Crippen molar-refractivity contribution in [2.75, 3.05) is 6.61 Å². The number of nitrogens with one attached hydrogen (secondary N) is 1. The number of rotatable bonds is 4. The smallest absolute Gasteiger partial charge is 0.275 e. The highest BCUT2D eigenvalue weighted by Crippen LogP contribution is 2.14. The van der Waals surface area contributed by atoms with Crippen LogP contribution in [0.1, 0.15) is 23.0 Å². The number of halogens is 3. The highest BCUT2D eigenvalue weighted by Gasteiger charge is 2.28. The molecule has 5 nitrogen and oxygen atoms in total. The third kappa shape index (κ3) is 4.06. The van der Waals surface area contributed by atoms with E-state index in [-0.39, 0.29) is 5.56 Å². The number of alkyl halides is 3. The van der Waals surface area contributed by atoms with Crippen LogP contribution in [0.4, 0.5) is 13.2 Å². The molecule has 8 heteroatoms. The summed E-state index contributed by atoms with van der Waals surface area (Å²) in [4.78, 5) is 15.5. The molecule has 1 amide bonds. The van der Waals surface area contributed by atoms with Gasteiger partial charge in [-0.25, -0.2) is 5.48 Å². The van der Waals surface area contributed by atoms with Crippen molar-refractivity contribution in [1.82, 2.24) is 15.3 Å². The van der Waals surface area contributed by atoms with Gasteiger partial charge in [-0.2, -0.15) is 18.3 Å². The Morgan fingerprint density at radius 3 is 2.76 bits per heavy atom. The molecule has 0 fully saturated rings. The van der Waals surface area contributed by atoms with Crippen molar-refractivity contribution in [3.05, 3.63) is 17.5 Å². The lowest BCUT2D eigenvalue weighted by atomic mass is 10.2. The van der Waals surface area contributed by atoms with Crippen molar-refractivity contribution >= 4 is 5.91 Å². The second-order valence-electron chi connectivity index (χ2n) is 3.35. The molecule has 1 aromatic heterocycles. The first-order valence-electron chi connectivity index (χ1n) is 4.85. The maximum absolute atomic E-state index is 11.8. The number of carbonyl (C=O) groups excluding carboxylic acids is 1. The van der Waals surface area contributed by atoms with Crippen LogP contribution in [-0.2, 0) is 18.3 Å². The van der Waals surface area contributed by atoms with Crippen LogP contribution in [0.2, 0.25) is 0 Å². The minimum atomic E-state index is -4.48. The summed E-state index contributed by atoms with van der Waals surface area (Å²) in [5.74, 6) is -0.737. The minimum absolute atomic E-state index is 0.206. The highest BCUT2D eigenvalue weighted by molar-refractivity contribution is 5.94. The number of hydrogen-bond donors (Lipinski definition) is 1. The maximum atomic E-state index is 11.8. The van der Waals surface area contributed by atoms with Crippen molar-refractivity contribution in [2.45, 2.75) is 19.5 Å². The van der Waals surface area contributed by atoms with Crippen LogP contribution in [0.5, 0.6) is 0 Å². The Kier molecular flexibility index (Phi) is 4.11. The zero-order valence-electron chi connectivity index (χ0n) is 9.34. The number of amides is 1. The summed E-state index contributed by atoms with van der Waals surface area (Å²) in [5, 5.41) is 3.99. The lowest BCUT2D eigenvalue weighted by molar-refractivity contribution is -0.184. The molecule has 0 aromatic carbocycles. The number of hydroxylamine groups is 1. The van der Waals surface area contributed by atoms with Crippen molar-refractivity contribution < 1.29 is 22.8 Å². The second kappa shape index (κ2) is 5.17. The third-order valence-corrected chi connectivity index (χ3v) is 1.89. The first kappa shape index (κ1) is 13.5. The molecule has 1 rings (SSSR count). The van der Waals surface area contributed by atoms with Crippen molar-refractivity contribution in [3.8, 4) is 0 Å². The topological polar surface area (TPSA) is 56.2 Å². The molecule has 0 radical (unpaired) electrons. The van der Waals surface area contributed by atoms with Crippen LogP contribution in [0, 0.1) is 0 Å². The molecule has 0 spiro atoms. The average Bonchev–Trinajstić information content (AvgIpc) is 2.57. The van der Waals surface area contributed by atoms with Crippen LogP contribution in [-0.4, -0.2) is 28.5 Å². The molecule has 0 aliphatic rings. The molecule has 0 aliphatic carbocycles. The summed E-state index contributed by atoms with van der Waals surface area (Å²) in [6.07, 6.45) is -2.55. The largest absolute Gasteiger partial charge is 0.414 e. The first-order valence-corrected chi connectivity index (χ1v) is 4.85. The molecule has 0 unspecified atom stereocenters. The van der Waals surface area contributed by atoms with Gasteiger partial charge in [-0.1, -0.05) is 6.92 Å². The maximum Gasteiger partial charge on any atom is 0.414 e. The summed E-state index contributed by atoms with van der Waals surface area (Å²) in [6.45, 7) is 0.260. The van der Waals surface area contributed by atoms with Crippen molar-refractivity contribution in [3.63, 3.8) is 0 Å². The van der Waals surface area contributed by atoms with E-state index in [1.165, 1.54) is 10.9 Å². The first-order chi connectivity index (χ1) is 7.83.